The van der Waals surface area contributed by atoms with Crippen LogP contribution in [0.3, 0.4) is 0 Å². The average Bonchev–Trinajstić information content (AvgIpc) is 2.80. The molecule has 0 aliphatic carbocycles. The second-order valence-electron chi connectivity index (χ2n) is 4.17. The zero-order valence-electron chi connectivity index (χ0n) is 11.3. The van der Waals surface area contributed by atoms with Crippen molar-refractivity contribution in [1.29, 1.82) is 0 Å². The van der Waals surface area contributed by atoms with Gasteiger partial charge < -0.3 is 9.84 Å². The summed E-state index contributed by atoms with van der Waals surface area (Å²) in [4.78, 5) is 22.1. The summed E-state index contributed by atoms with van der Waals surface area (Å²) in [5.74, 6) is -2.26. The number of aliphatic carboxylic acids is 1. The molecular weight excluding hydrogens is 386 g/mol. The molecular formula is C11H14BrNO6S2. The van der Waals surface area contributed by atoms with E-state index >= 15 is 0 Å². The highest BCUT2D eigenvalue weighted by atomic mass is 79.9. The lowest BCUT2D eigenvalue weighted by atomic mass is 10.1. The van der Waals surface area contributed by atoms with Crippen LogP contribution in [0.4, 0.5) is 0 Å². The van der Waals surface area contributed by atoms with E-state index in [9.17, 15) is 18.0 Å². The van der Waals surface area contributed by atoms with Crippen molar-refractivity contribution in [3.8, 4) is 0 Å². The van der Waals surface area contributed by atoms with Gasteiger partial charge in [0.25, 0.3) is 0 Å². The van der Waals surface area contributed by atoms with E-state index in [0.29, 0.717) is 0 Å². The topological polar surface area (TPSA) is 110 Å². The first kappa shape index (κ1) is 18.1. The molecule has 0 bridgehead atoms. The predicted octanol–water partition coefficient (Wildman–Crippen LogP) is 1.69. The maximum atomic E-state index is 12.1. The van der Waals surface area contributed by atoms with E-state index in [2.05, 4.69) is 25.4 Å². The number of esters is 1. The van der Waals surface area contributed by atoms with Crippen LogP contribution >= 0.6 is 27.3 Å². The number of nitrogens with one attached hydrogen (secondary N) is 1. The van der Waals surface area contributed by atoms with Crippen LogP contribution in [-0.2, 0) is 19.6 Å². The van der Waals surface area contributed by atoms with Crippen LogP contribution in [0.15, 0.2) is 14.7 Å². The van der Waals surface area contributed by atoms with E-state index in [1.165, 1.54) is 20.1 Å². The summed E-state index contributed by atoms with van der Waals surface area (Å²) < 4.78 is 31.3. The first-order chi connectivity index (χ1) is 9.69. The van der Waals surface area contributed by atoms with Gasteiger partial charge in [-0.1, -0.05) is 6.92 Å². The number of ether oxygens (including phenoxy) is 1. The molecule has 0 spiro atoms. The molecule has 0 radical (unpaired) electrons. The largest absolute Gasteiger partial charge is 0.481 e. The van der Waals surface area contributed by atoms with Gasteiger partial charge in [0.2, 0.25) is 10.0 Å². The van der Waals surface area contributed by atoms with Crippen LogP contribution < -0.4 is 4.72 Å². The van der Waals surface area contributed by atoms with Crippen molar-refractivity contribution in [3.63, 3.8) is 0 Å². The molecule has 10 heteroatoms. The lowest BCUT2D eigenvalue weighted by Crippen LogP contribution is -2.27. The van der Waals surface area contributed by atoms with Crippen molar-refractivity contribution < 1.29 is 27.9 Å². The minimum atomic E-state index is -3.82. The molecule has 1 unspecified atom stereocenters. The Morgan fingerprint density at radius 3 is 2.67 bits per heavy atom. The van der Waals surface area contributed by atoms with Crippen LogP contribution in [0.25, 0.3) is 0 Å². The summed E-state index contributed by atoms with van der Waals surface area (Å²) in [5, 5.41) is 8.73. The van der Waals surface area contributed by atoms with Gasteiger partial charge in [-0.05, 0) is 28.4 Å². The van der Waals surface area contributed by atoms with E-state index < -0.39 is 27.9 Å². The number of rotatable bonds is 7. The minimum Gasteiger partial charge on any atom is -0.481 e. The van der Waals surface area contributed by atoms with Gasteiger partial charge in [-0.15, -0.1) is 11.3 Å². The maximum Gasteiger partial charge on any atom is 0.348 e. The monoisotopic (exact) mass is 399 g/mol. The van der Waals surface area contributed by atoms with Gasteiger partial charge in [0.15, 0.2) is 0 Å². The smallest absolute Gasteiger partial charge is 0.348 e. The quantitative estimate of drug-likeness (QED) is 0.674. The normalized spacial score (nSPS) is 12.9. The number of carboxylic acids is 1. The summed E-state index contributed by atoms with van der Waals surface area (Å²) >= 11 is 4.04. The molecule has 118 valence electrons. The molecule has 0 aliphatic heterocycles. The first-order valence-corrected chi connectivity index (χ1v) is 8.88. The fraction of sp³-hybridized carbons (Fsp3) is 0.455. The summed E-state index contributed by atoms with van der Waals surface area (Å²) in [6.45, 7) is 1.48. The van der Waals surface area contributed by atoms with Crippen molar-refractivity contribution in [2.45, 2.75) is 18.2 Å². The SMILES string of the molecule is COC(=O)c1cc(S(=O)(=O)NCCC(C)C(=O)O)c(Br)s1. The molecule has 21 heavy (non-hydrogen) atoms. The van der Waals surface area contributed by atoms with Gasteiger partial charge in [-0.25, -0.2) is 17.9 Å². The second kappa shape index (κ2) is 7.34. The molecule has 0 saturated heterocycles. The zero-order chi connectivity index (χ0) is 16.2. The van der Waals surface area contributed by atoms with Crippen LogP contribution in [0.1, 0.15) is 23.0 Å². The first-order valence-electron chi connectivity index (χ1n) is 5.79. The molecule has 0 amide bonds. The molecule has 1 atom stereocenters. The molecule has 1 aromatic heterocycles. The van der Waals surface area contributed by atoms with Gasteiger partial charge in [0.1, 0.15) is 9.77 Å². The van der Waals surface area contributed by atoms with Crippen LogP contribution in [-0.4, -0.2) is 39.1 Å². The van der Waals surface area contributed by atoms with Gasteiger partial charge in [0.05, 0.1) is 16.8 Å². The number of thiophene rings is 1. The van der Waals surface area contributed by atoms with Gasteiger partial charge in [-0.2, -0.15) is 0 Å². The Kier molecular flexibility index (Phi) is 6.32. The van der Waals surface area contributed by atoms with Crippen LogP contribution in [0.2, 0.25) is 0 Å². The number of hydrogen-bond donors (Lipinski definition) is 2. The Morgan fingerprint density at radius 2 is 2.14 bits per heavy atom. The number of carboxylic acid groups (broad SMARTS) is 1. The molecule has 0 aliphatic rings. The van der Waals surface area contributed by atoms with Crippen molar-refractivity contribution in [2.75, 3.05) is 13.7 Å². The Balaban J connectivity index is 2.81. The molecule has 1 heterocycles. The number of hydrogen-bond acceptors (Lipinski definition) is 6. The van der Waals surface area contributed by atoms with E-state index in [0.717, 1.165) is 11.3 Å². The van der Waals surface area contributed by atoms with Gasteiger partial charge in [-0.3, -0.25) is 4.79 Å². The average molecular weight is 400 g/mol. The summed E-state index contributed by atoms with van der Waals surface area (Å²) in [7, 11) is -2.62. The fourth-order valence-electron chi connectivity index (χ4n) is 1.35. The van der Waals surface area contributed by atoms with E-state index in [1.807, 2.05) is 0 Å². The second-order valence-corrected chi connectivity index (χ2v) is 8.27. The minimum absolute atomic E-state index is 0.00829. The maximum absolute atomic E-state index is 12.1. The highest BCUT2D eigenvalue weighted by Crippen LogP contribution is 2.32. The van der Waals surface area contributed by atoms with Crippen LogP contribution in [0.5, 0.6) is 0 Å². The summed E-state index contributed by atoms with van der Waals surface area (Å²) in [6.07, 6.45) is 0.167. The zero-order valence-corrected chi connectivity index (χ0v) is 14.5. The van der Waals surface area contributed by atoms with Gasteiger partial charge in [0, 0.05) is 6.54 Å². The lowest BCUT2D eigenvalue weighted by Gasteiger charge is -2.08. The Hall–Kier alpha value is -0.970. The third kappa shape index (κ3) is 4.77. The van der Waals surface area contributed by atoms with Crippen molar-refractivity contribution in [1.82, 2.24) is 4.72 Å². The number of sulfonamides is 1. The third-order valence-electron chi connectivity index (χ3n) is 2.62. The highest BCUT2D eigenvalue weighted by molar-refractivity contribution is 9.11. The van der Waals surface area contributed by atoms with Crippen LogP contribution in [0, 0.1) is 5.92 Å². The number of methoxy groups -OCH3 is 1. The Labute approximate surface area is 134 Å². The Morgan fingerprint density at radius 1 is 1.52 bits per heavy atom. The number of halogens is 1. The summed E-state index contributed by atoms with van der Waals surface area (Å²) in [6, 6.07) is 1.21. The van der Waals surface area contributed by atoms with Crippen molar-refractivity contribution in [3.05, 3.63) is 14.7 Å². The fourth-order valence-corrected chi connectivity index (χ4v) is 4.88. The number of carbonyl (C=O) groups is 2. The van der Waals surface area contributed by atoms with E-state index in [-0.39, 0.29) is 26.5 Å². The molecule has 7 nitrogen and oxygen atoms in total. The summed E-state index contributed by atoms with van der Waals surface area (Å²) in [5.41, 5.74) is 0. The Bertz CT molecular complexity index is 639. The molecule has 1 aromatic rings. The molecule has 1 rings (SSSR count). The number of carbonyl (C=O) groups excluding carboxylic acids is 1. The predicted molar refractivity (Wildman–Crippen MR) is 80.0 cm³/mol. The molecule has 0 aromatic carbocycles. The van der Waals surface area contributed by atoms with E-state index in [1.54, 1.807) is 0 Å². The van der Waals surface area contributed by atoms with E-state index in [4.69, 9.17) is 5.11 Å². The van der Waals surface area contributed by atoms with Crippen molar-refractivity contribution in [2.24, 2.45) is 5.92 Å². The highest BCUT2D eigenvalue weighted by Gasteiger charge is 2.23. The molecule has 2 N–H and O–H groups in total. The molecule has 0 fully saturated rings. The van der Waals surface area contributed by atoms with Gasteiger partial charge >= 0.3 is 11.9 Å². The standard InChI is InChI=1S/C11H14BrNO6S2/c1-6(10(14)15)3-4-13-21(17,18)8-5-7(11(16)19-2)20-9(8)12/h5-6,13H,3-4H2,1-2H3,(H,14,15). The van der Waals surface area contributed by atoms with Crippen molar-refractivity contribution >= 4 is 49.2 Å². The third-order valence-corrected chi connectivity index (χ3v) is 6.32. The lowest BCUT2D eigenvalue weighted by molar-refractivity contribution is -0.141. The molecule has 0 saturated carbocycles.